The molecular weight excluding hydrogens is 428 g/mol. The maximum atomic E-state index is 13.0. The Bertz CT molecular complexity index is 729. The molecule has 2 rings (SSSR count). The normalized spacial score (nSPS) is 14.9. The third kappa shape index (κ3) is 8.29. The lowest BCUT2D eigenvalue weighted by molar-refractivity contribution is -0.117. The van der Waals surface area contributed by atoms with Crippen molar-refractivity contribution in [1.82, 2.24) is 10.2 Å². The van der Waals surface area contributed by atoms with E-state index in [1.807, 2.05) is 38.1 Å². The predicted molar refractivity (Wildman–Crippen MR) is 132 cm³/mol. The van der Waals surface area contributed by atoms with Gasteiger partial charge in [0.25, 0.3) is 0 Å². The molecule has 1 amide bonds. The molecule has 0 atom stereocenters. The number of amides is 1. The molecule has 5 nitrogen and oxygen atoms in total. The van der Waals surface area contributed by atoms with Crippen molar-refractivity contribution in [3.63, 3.8) is 0 Å². The summed E-state index contributed by atoms with van der Waals surface area (Å²) in [6.45, 7) is 13.5. The minimum atomic E-state index is -0.542. The molecule has 0 aliphatic carbocycles. The van der Waals surface area contributed by atoms with Gasteiger partial charge < -0.3 is 10.1 Å². The van der Waals surface area contributed by atoms with Crippen molar-refractivity contribution in [2.75, 3.05) is 50.1 Å². The third-order valence-corrected chi connectivity index (χ3v) is 7.51. The summed E-state index contributed by atoms with van der Waals surface area (Å²) in [7, 11) is 0. The molecule has 172 valence electrons. The number of morpholine rings is 1. The molecule has 1 fully saturated rings. The monoisotopic (exact) mass is 464 g/mol. The molecule has 0 aromatic heterocycles. The van der Waals surface area contributed by atoms with Crippen LogP contribution in [0.1, 0.15) is 44.0 Å². The van der Waals surface area contributed by atoms with E-state index in [2.05, 4.69) is 23.7 Å². The average molecular weight is 465 g/mol. The van der Waals surface area contributed by atoms with Crippen LogP contribution in [0.3, 0.4) is 0 Å². The molecule has 7 heteroatoms. The largest absolute Gasteiger partial charge is 0.379 e. The molecule has 0 saturated carbocycles. The van der Waals surface area contributed by atoms with Gasteiger partial charge in [-0.3, -0.25) is 14.5 Å². The van der Waals surface area contributed by atoms with Gasteiger partial charge in [0.2, 0.25) is 5.91 Å². The first kappa shape index (κ1) is 26.0. The average Bonchev–Trinajstić information content (AvgIpc) is 2.79. The zero-order valence-corrected chi connectivity index (χ0v) is 20.7. The third-order valence-electron chi connectivity index (χ3n) is 5.37. The number of rotatable bonds is 13. The predicted octanol–water partition coefficient (Wildman–Crippen LogP) is 4.28. The van der Waals surface area contributed by atoms with Crippen molar-refractivity contribution in [3.05, 3.63) is 42.0 Å². The van der Waals surface area contributed by atoms with Gasteiger partial charge in [0.15, 0.2) is 5.78 Å². The second-order valence-corrected chi connectivity index (χ2v) is 10.4. The van der Waals surface area contributed by atoms with Gasteiger partial charge in [-0.05, 0) is 38.2 Å². The molecule has 1 saturated heterocycles. The molecule has 1 aromatic carbocycles. The van der Waals surface area contributed by atoms with Crippen molar-refractivity contribution in [1.29, 1.82) is 0 Å². The highest BCUT2D eigenvalue weighted by atomic mass is 32.2. The highest BCUT2D eigenvalue weighted by Gasteiger charge is 2.35. The summed E-state index contributed by atoms with van der Waals surface area (Å²) in [6.07, 6.45) is 2.34. The minimum Gasteiger partial charge on any atom is -0.379 e. The Labute approximate surface area is 195 Å². The van der Waals surface area contributed by atoms with Gasteiger partial charge in [-0.25, -0.2) is 0 Å². The van der Waals surface area contributed by atoms with Crippen LogP contribution < -0.4 is 5.32 Å². The van der Waals surface area contributed by atoms with E-state index in [0.717, 1.165) is 35.1 Å². The molecule has 1 aromatic rings. The zero-order chi connectivity index (χ0) is 22.7. The fourth-order valence-electron chi connectivity index (χ4n) is 3.29. The molecule has 1 heterocycles. The number of ketones is 1. The lowest BCUT2D eigenvalue weighted by Crippen LogP contribution is -2.54. The number of nitrogens with one attached hydrogen (secondary N) is 1. The lowest BCUT2D eigenvalue weighted by atomic mass is 9.91. The van der Waals surface area contributed by atoms with E-state index in [1.54, 1.807) is 23.5 Å². The topological polar surface area (TPSA) is 58.6 Å². The van der Waals surface area contributed by atoms with E-state index >= 15 is 0 Å². The molecule has 1 N–H and O–H groups in total. The first-order valence-corrected chi connectivity index (χ1v) is 13.1. The summed E-state index contributed by atoms with van der Waals surface area (Å²) in [5, 5.41) is 2.94. The number of ether oxygens (including phenoxy) is 1. The Balaban J connectivity index is 1.74. The molecule has 0 spiro atoms. The maximum absolute atomic E-state index is 13.0. The molecule has 0 bridgehead atoms. The molecule has 31 heavy (non-hydrogen) atoms. The quantitative estimate of drug-likeness (QED) is 0.204. The van der Waals surface area contributed by atoms with Gasteiger partial charge in [0.1, 0.15) is 0 Å². The van der Waals surface area contributed by atoms with Crippen LogP contribution in [-0.4, -0.2) is 72.2 Å². The van der Waals surface area contributed by atoms with Crippen LogP contribution in [0.4, 0.5) is 0 Å². The summed E-state index contributed by atoms with van der Waals surface area (Å²) in [6, 6.07) is 7.78. The summed E-state index contributed by atoms with van der Waals surface area (Å²) in [5.41, 5.74) is 0.822. The molecule has 1 aliphatic heterocycles. The molecular formula is C24H36N2O3S2. The summed E-state index contributed by atoms with van der Waals surface area (Å²) < 4.78 is 5.41. The van der Waals surface area contributed by atoms with E-state index in [1.165, 1.54) is 12.8 Å². The van der Waals surface area contributed by atoms with Gasteiger partial charge in [-0.1, -0.05) is 32.1 Å². The van der Waals surface area contributed by atoms with Crippen LogP contribution in [0.2, 0.25) is 0 Å². The number of nitrogens with zero attached hydrogens (tertiary/aromatic N) is 1. The second kappa shape index (κ2) is 13.3. The lowest BCUT2D eigenvalue weighted by Gasteiger charge is -2.39. The number of unbranched alkanes of at least 4 members (excludes halogenated alkanes) is 1. The summed E-state index contributed by atoms with van der Waals surface area (Å²) in [5.74, 6) is 2.61. The number of carbonyl (C=O) groups is 2. The summed E-state index contributed by atoms with van der Waals surface area (Å²) >= 11 is 3.43. The maximum Gasteiger partial charge on any atom is 0.247 e. The SMILES string of the molecule is C=C(CSCCCC)C(=O)NCCSc1ccc(C(=O)C(C)(C)N2CCOCC2)cc1. The van der Waals surface area contributed by atoms with Crippen LogP contribution in [0, 0.1) is 0 Å². The Hall–Kier alpha value is -1.28. The number of benzene rings is 1. The first-order valence-electron chi connectivity index (χ1n) is 11.0. The smallest absolute Gasteiger partial charge is 0.247 e. The molecule has 0 radical (unpaired) electrons. The highest BCUT2D eigenvalue weighted by molar-refractivity contribution is 7.99. The Morgan fingerprint density at radius 1 is 1.16 bits per heavy atom. The van der Waals surface area contributed by atoms with Crippen molar-refractivity contribution in [3.8, 4) is 0 Å². The Morgan fingerprint density at radius 3 is 2.48 bits per heavy atom. The number of Topliss-reactive ketones (excluding diaryl/α,β-unsaturated/α-hetero) is 1. The Kier molecular flexibility index (Phi) is 11.2. The molecule has 0 unspecified atom stereocenters. The van der Waals surface area contributed by atoms with Crippen molar-refractivity contribution in [2.24, 2.45) is 0 Å². The van der Waals surface area contributed by atoms with Gasteiger partial charge >= 0.3 is 0 Å². The van der Waals surface area contributed by atoms with Gasteiger partial charge in [0, 0.05) is 47.2 Å². The fourth-order valence-corrected chi connectivity index (χ4v) is 5.07. The second-order valence-electron chi connectivity index (χ2n) is 8.13. The van der Waals surface area contributed by atoms with E-state index < -0.39 is 5.54 Å². The van der Waals surface area contributed by atoms with Crippen molar-refractivity contribution in [2.45, 2.75) is 44.0 Å². The molecule has 1 aliphatic rings. The van der Waals surface area contributed by atoms with Crippen LogP contribution in [0.15, 0.2) is 41.3 Å². The fraction of sp³-hybridized carbons (Fsp3) is 0.583. The number of carbonyl (C=O) groups excluding carboxylic acids is 2. The van der Waals surface area contributed by atoms with E-state index in [9.17, 15) is 9.59 Å². The van der Waals surface area contributed by atoms with Gasteiger partial charge in [-0.15, -0.1) is 11.8 Å². The van der Waals surface area contributed by atoms with Gasteiger partial charge in [0.05, 0.1) is 18.8 Å². The highest BCUT2D eigenvalue weighted by Crippen LogP contribution is 2.24. The van der Waals surface area contributed by atoms with Crippen LogP contribution in [0.25, 0.3) is 0 Å². The van der Waals surface area contributed by atoms with Gasteiger partial charge in [-0.2, -0.15) is 11.8 Å². The number of hydrogen-bond donors (Lipinski definition) is 1. The van der Waals surface area contributed by atoms with Crippen LogP contribution in [-0.2, 0) is 9.53 Å². The number of thioether (sulfide) groups is 2. The van der Waals surface area contributed by atoms with E-state index in [-0.39, 0.29) is 11.7 Å². The first-order chi connectivity index (χ1) is 14.9. The van der Waals surface area contributed by atoms with E-state index in [4.69, 9.17) is 4.74 Å². The van der Waals surface area contributed by atoms with Crippen LogP contribution >= 0.6 is 23.5 Å². The van der Waals surface area contributed by atoms with E-state index in [0.29, 0.717) is 31.1 Å². The zero-order valence-electron chi connectivity index (χ0n) is 19.1. The summed E-state index contributed by atoms with van der Waals surface area (Å²) in [4.78, 5) is 28.4. The van der Waals surface area contributed by atoms with Crippen molar-refractivity contribution >= 4 is 35.2 Å². The number of hydrogen-bond acceptors (Lipinski definition) is 6. The Morgan fingerprint density at radius 2 is 1.84 bits per heavy atom. The minimum absolute atomic E-state index is 0.0594. The standard InChI is InChI=1S/C24H36N2O3S2/c1-5-6-16-30-18-19(2)23(28)25-11-17-31-21-9-7-20(8-10-21)22(27)24(3,4)26-12-14-29-15-13-26/h7-10H,2,5-6,11-18H2,1,3-4H3,(H,25,28). The van der Waals surface area contributed by atoms with Crippen molar-refractivity contribution < 1.29 is 14.3 Å². The van der Waals surface area contributed by atoms with Crippen LogP contribution in [0.5, 0.6) is 0 Å².